The van der Waals surface area contributed by atoms with Crippen molar-refractivity contribution in [2.75, 3.05) is 0 Å². The molecule has 2 heteroatoms. The van der Waals surface area contributed by atoms with E-state index in [1.54, 1.807) is 0 Å². The summed E-state index contributed by atoms with van der Waals surface area (Å²) in [5.74, 6) is 0.932. The largest absolute Gasteiger partial charge is 0.485 e. The van der Waals surface area contributed by atoms with Gasteiger partial charge in [0.1, 0.15) is 11.9 Å². The number of hydrogen-bond donors (Lipinski definition) is 1. The maximum absolute atomic E-state index is 6.36. The highest BCUT2D eigenvalue weighted by Crippen LogP contribution is 2.41. The second-order valence-corrected chi connectivity index (χ2v) is 5.80. The van der Waals surface area contributed by atoms with E-state index < -0.39 is 0 Å². The van der Waals surface area contributed by atoms with Crippen molar-refractivity contribution in [1.82, 2.24) is 0 Å². The molecule has 0 aliphatic carbocycles. The average Bonchev–Trinajstić information content (AvgIpc) is 2.39. The molecule has 20 heavy (non-hydrogen) atoms. The van der Waals surface area contributed by atoms with Gasteiger partial charge in [0, 0.05) is 18.0 Å². The number of fused-ring (bicyclic) bond motifs is 1. The average molecular weight is 267 g/mol. The van der Waals surface area contributed by atoms with Crippen LogP contribution in [0.15, 0.2) is 36.4 Å². The summed E-state index contributed by atoms with van der Waals surface area (Å²) in [6, 6.07) is 12.7. The van der Waals surface area contributed by atoms with Gasteiger partial charge in [0.25, 0.3) is 0 Å². The lowest BCUT2D eigenvalue weighted by atomic mass is 9.89. The van der Waals surface area contributed by atoms with Crippen LogP contribution in [0.1, 0.15) is 46.4 Å². The van der Waals surface area contributed by atoms with Gasteiger partial charge < -0.3 is 10.5 Å². The van der Waals surface area contributed by atoms with E-state index in [-0.39, 0.29) is 12.1 Å². The zero-order chi connectivity index (χ0) is 14.3. The van der Waals surface area contributed by atoms with Gasteiger partial charge in [0.15, 0.2) is 0 Å². The predicted molar refractivity (Wildman–Crippen MR) is 82.0 cm³/mol. The SMILES string of the molecule is Cc1ccc2c(c1)[C@H](N)CC(c1c(C)cccc1C)O2. The highest BCUT2D eigenvalue weighted by molar-refractivity contribution is 5.43. The Hall–Kier alpha value is -1.80. The minimum absolute atomic E-state index is 0.0441. The van der Waals surface area contributed by atoms with Crippen molar-refractivity contribution in [3.8, 4) is 5.75 Å². The number of ether oxygens (including phenoxy) is 1. The van der Waals surface area contributed by atoms with E-state index in [1.807, 2.05) is 6.07 Å². The molecule has 0 fully saturated rings. The fourth-order valence-electron chi connectivity index (χ4n) is 3.14. The first-order valence-electron chi connectivity index (χ1n) is 7.15. The molecule has 0 amide bonds. The van der Waals surface area contributed by atoms with Crippen molar-refractivity contribution in [1.29, 1.82) is 0 Å². The molecule has 0 saturated carbocycles. The first-order valence-corrected chi connectivity index (χ1v) is 7.15. The molecule has 2 N–H and O–H groups in total. The highest BCUT2D eigenvalue weighted by atomic mass is 16.5. The molecule has 104 valence electrons. The molecule has 1 unspecified atom stereocenters. The van der Waals surface area contributed by atoms with E-state index in [1.165, 1.54) is 22.3 Å². The summed E-state index contributed by atoms with van der Waals surface area (Å²) in [6.07, 6.45) is 0.892. The maximum atomic E-state index is 6.36. The topological polar surface area (TPSA) is 35.2 Å². The highest BCUT2D eigenvalue weighted by Gasteiger charge is 2.28. The Bertz CT molecular complexity index is 628. The van der Waals surface area contributed by atoms with Crippen LogP contribution in [0.5, 0.6) is 5.75 Å². The van der Waals surface area contributed by atoms with Crippen LogP contribution < -0.4 is 10.5 Å². The Morgan fingerprint density at radius 2 is 1.75 bits per heavy atom. The molecule has 0 bridgehead atoms. The van der Waals surface area contributed by atoms with Crippen LogP contribution in [0, 0.1) is 20.8 Å². The summed E-state index contributed by atoms with van der Waals surface area (Å²) in [5.41, 5.74) is 12.6. The molecule has 2 atom stereocenters. The maximum Gasteiger partial charge on any atom is 0.126 e. The zero-order valence-corrected chi connectivity index (χ0v) is 12.3. The monoisotopic (exact) mass is 267 g/mol. The molecular weight excluding hydrogens is 246 g/mol. The van der Waals surface area contributed by atoms with Gasteiger partial charge in [-0.1, -0.05) is 35.9 Å². The Balaban J connectivity index is 2.01. The number of hydrogen-bond acceptors (Lipinski definition) is 2. The standard InChI is InChI=1S/C18H21NO/c1-11-7-8-16-14(9-11)15(19)10-17(20-16)18-12(2)5-4-6-13(18)3/h4-9,15,17H,10,19H2,1-3H3/t15-,17?/m1/s1. The predicted octanol–water partition coefficient (Wildman–Crippen LogP) is 4.14. The van der Waals surface area contributed by atoms with Crippen molar-refractivity contribution in [3.63, 3.8) is 0 Å². The molecule has 1 aliphatic heterocycles. The van der Waals surface area contributed by atoms with Crippen LogP contribution in [-0.4, -0.2) is 0 Å². The third-order valence-corrected chi connectivity index (χ3v) is 4.17. The van der Waals surface area contributed by atoms with E-state index in [0.29, 0.717) is 0 Å². The van der Waals surface area contributed by atoms with Gasteiger partial charge in [0.05, 0.1) is 0 Å². The molecule has 1 aliphatic rings. The van der Waals surface area contributed by atoms with E-state index in [0.717, 1.165) is 17.7 Å². The number of benzene rings is 2. The van der Waals surface area contributed by atoms with Crippen molar-refractivity contribution in [3.05, 3.63) is 64.2 Å². The lowest BCUT2D eigenvalue weighted by Gasteiger charge is -2.32. The smallest absolute Gasteiger partial charge is 0.126 e. The molecule has 2 aromatic carbocycles. The third-order valence-electron chi connectivity index (χ3n) is 4.17. The van der Waals surface area contributed by atoms with Crippen molar-refractivity contribution >= 4 is 0 Å². The van der Waals surface area contributed by atoms with E-state index in [4.69, 9.17) is 10.5 Å². The van der Waals surface area contributed by atoms with Gasteiger partial charge in [0.2, 0.25) is 0 Å². The second-order valence-electron chi connectivity index (χ2n) is 5.80. The van der Waals surface area contributed by atoms with Crippen molar-refractivity contribution < 1.29 is 4.74 Å². The van der Waals surface area contributed by atoms with E-state index in [9.17, 15) is 0 Å². The summed E-state index contributed by atoms with van der Waals surface area (Å²) in [4.78, 5) is 0. The molecule has 3 rings (SSSR count). The fourth-order valence-corrected chi connectivity index (χ4v) is 3.14. The van der Waals surface area contributed by atoms with Crippen LogP contribution in [-0.2, 0) is 0 Å². The number of rotatable bonds is 1. The third kappa shape index (κ3) is 2.20. The summed E-state index contributed by atoms with van der Waals surface area (Å²) in [7, 11) is 0. The van der Waals surface area contributed by atoms with Crippen LogP contribution in [0.3, 0.4) is 0 Å². The molecule has 2 nitrogen and oxygen atoms in total. The van der Waals surface area contributed by atoms with Gasteiger partial charge in [-0.15, -0.1) is 0 Å². The second kappa shape index (κ2) is 4.95. The van der Waals surface area contributed by atoms with Crippen LogP contribution in [0.2, 0.25) is 0 Å². The number of nitrogens with two attached hydrogens (primary N) is 1. The van der Waals surface area contributed by atoms with Crippen molar-refractivity contribution in [2.45, 2.75) is 39.3 Å². The summed E-state index contributed by atoms with van der Waals surface area (Å²) in [5, 5.41) is 0. The fraction of sp³-hybridized carbons (Fsp3) is 0.333. The minimum Gasteiger partial charge on any atom is -0.485 e. The molecule has 1 heterocycles. The van der Waals surface area contributed by atoms with Gasteiger partial charge in [-0.25, -0.2) is 0 Å². The molecule has 0 spiro atoms. The first-order chi connectivity index (χ1) is 9.56. The zero-order valence-electron chi connectivity index (χ0n) is 12.3. The van der Waals surface area contributed by atoms with Crippen LogP contribution in [0.25, 0.3) is 0 Å². The molecular formula is C18H21NO. The van der Waals surface area contributed by atoms with Crippen LogP contribution >= 0.6 is 0 Å². The van der Waals surface area contributed by atoms with Crippen molar-refractivity contribution in [2.24, 2.45) is 5.73 Å². The lowest BCUT2D eigenvalue weighted by molar-refractivity contribution is 0.160. The summed E-state index contributed by atoms with van der Waals surface area (Å²) in [6.45, 7) is 6.37. The van der Waals surface area contributed by atoms with Gasteiger partial charge in [-0.3, -0.25) is 0 Å². The van der Waals surface area contributed by atoms with E-state index in [2.05, 4.69) is 51.1 Å². The quantitative estimate of drug-likeness (QED) is 0.843. The lowest BCUT2D eigenvalue weighted by Crippen LogP contribution is -2.25. The normalized spacial score (nSPS) is 21.2. The van der Waals surface area contributed by atoms with Crippen LogP contribution in [0.4, 0.5) is 0 Å². The first kappa shape index (κ1) is 13.2. The summed E-state index contributed by atoms with van der Waals surface area (Å²) >= 11 is 0. The Labute approximate surface area is 120 Å². The number of aryl methyl sites for hydroxylation is 3. The van der Waals surface area contributed by atoms with Gasteiger partial charge in [-0.05, 0) is 43.5 Å². The Kier molecular flexibility index (Phi) is 3.27. The molecule has 0 aromatic heterocycles. The molecule has 0 saturated heterocycles. The van der Waals surface area contributed by atoms with E-state index >= 15 is 0 Å². The minimum atomic E-state index is 0.0441. The Morgan fingerprint density at radius 1 is 1.05 bits per heavy atom. The van der Waals surface area contributed by atoms with Gasteiger partial charge >= 0.3 is 0 Å². The molecule has 0 radical (unpaired) electrons. The molecule has 2 aromatic rings. The summed E-state index contributed by atoms with van der Waals surface area (Å²) < 4.78 is 6.23. The Morgan fingerprint density at radius 3 is 2.45 bits per heavy atom. The van der Waals surface area contributed by atoms with Gasteiger partial charge in [-0.2, -0.15) is 0 Å².